The summed E-state index contributed by atoms with van der Waals surface area (Å²) >= 11 is 4.65. The van der Waals surface area contributed by atoms with E-state index in [0.29, 0.717) is 11.0 Å². The van der Waals surface area contributed by atoms with Gasteiger partial charge in [-0.15, -0.1) is 11.8 Å². The molecule has 0 atom stereocenters. The van der Waals surface area contributed by atoms with Gasteiger partial charge < -0.3 is 4.74 Å². The van der Waals surface area contributed by atoms with Gasteiger partial charge in [-0.3, -0.25) is 9.36 Å². The second-order valence-electron chi connectivity index (χ2n) is 5.07. The van der Waals surface area contributed by atoms with Crippen LogP contribution in [0.2, 0.25) is 0 Å². The zero-order valence-electron chi connectivity index (χ0n) is 12.9. The Balaban J connectivity index is 1.63. The molecule has 0 N–H and O–H groups in total. The summed E-state index contributed by atoms with van der Waals surface area (Å²) in [6.07, 6.45) is 0. The number of hydrogen-bond acceptors (Lipinski definition) is 4. The van der Waals surface area contributed by atoms with E-state index in [2.05, 4.69) is 20.9 Å². The zero-order valence-corrected chi connectivity index (χ0v) is 15.3. The molecule has 0 unspecified atom stereocenters. The fourth-order valence-corrected chi connectivity index (χ4v) is 3.23. The van der Waals surface area contributed by atoms with E-state index in [4.69, 9.17) is 4.74 Å². The highest BCUT2D eigenvalue weighted by molar-refractivity contribution is 9.10. The van der Waals surface area contributed by atoms with Gasteiger partial charge in [0.15, 0.2) is 5.82 Å². The number of rotatable bonds is 6. The van der Waals surface area contributed by atoms with Crippen LogP contribution < -0.4 is 0 Å². The monoisotopic (exact) mass is 426 g/mol. The molecule has 130 valence electrons. The molecule has 4 nitrogen and oxygen atoms in total. The molecule has 0 saturated heterocycles. The fraction of sp³-hybridized carbons (Fsp3) is 0.176. The topological polar surface area (TPSA) is 44.1 Å². The highest BCUT2D eigenvalue weighted by Crippen LogP contribution is 2.24. The summed E-state index contributed by atoms with van der Waals surface area (Å²) < 4.78 is 33.4. The number of benzene rings is 2. The average Bonchev–Trinajstić information content (AvgIpc) is 2.98. The highest BCUT2D eigenvalue weighted by atomic mass is 79.9. The number of thioether (sulfide) groups is 1. The number of fused-ring (bicyclic) bond motifs is 1. The van der Waals surface area contributed by atoms with Gasteiger partial charge >= 0.3 is 12.5 Å². The SMILES string of the molecule is O=C(CSc1ccc(Br)cc1)OCc1nc2ccccc2n1C(F)F. The van der Waals surface area contributed by atoms with Crippen molar-refractivity contribution in [2.24, 2.45) is 0 Å². The van der Waals surface area contributed by atoms with E-state index in [9.17, 15) is 13.6 Å². The Labute approximate surface area is 155 Å². The lowest BCUT2D eigenvalue weighted by atomic mass is 10.3. The van der Waals surface area contributed by atoms with Crippen LogP contribution in [0.1, 0.15) is 12.4 Å². The third kappa shape index (κ3) is 4.38. The number of carbonyl (C=O) groups excluding carboxylic acids is 1. The van der Waals surface area contributed by atoms with Gasteiger partial charge in [-0.05, 0) is 36.4 Å². The molecule has 2 aromatic carbocycles. The number of para-hydroxylation sites is 2. The summed E-state index contributed by atoms with van der Waals surface area (Å²) in [6, 6.07) is 14.1. The van der Waals surface area contributed by atoms with Crippen LogP contribution in [0.15, 0.2) is 57.9 Å². The lowest BCUT2D eigenvalue weighted by Crippen LogP contribution is -2.11. The molecule has 0 aliphatic heterocycles. The van der Waals surface area contributed by atoms with Gasteiger partial charge in [0.1, 0.15) is 6.61 Å². The minimum atomic E-state index is -2.75. The predicted octanol–water partition coefficient (Wildman–Crippen LogP) is 5.03. The average molecular weight is 427 g/mol. The second kappa shape index (κ2) is 7.97. The van der Waals surface area contributed by atoms with Crippen LogP contribution in [0, 0.1) is 0 Å². The maximum atomic E-state index is 13.3. The van der Waals surface area contributed by atoms with Gasteiger partial charge in [-0.2, -0.15) is 8.78 Å². The summed E-state index contributed by atoms with van der Waals surface area (Å²) in [5, 5.41) is 0. The zero-order chi connectivity index (χ0) is 17.8. The second-order valence-corrected chi connectivity index (χ2v) is 7.03. The molecule has 0 aliphatic rings. The van der Waals surface area contributed by atoms with Crippen molar-refractivity contribution in [2.75, 3.05) is 5.75 Å². The minimum Gasteiger partial charge on any atom is -0.457 e. The van der Waals surface area contributed by atoms with Gasteiger partial charge in [0, 0.05) is 9.37 Å². The van der Waals surface area contributed by atoms with Crippen molar-refractivity contribution >= 4 is 44.7 Å². The van der Waals surface area contributed by atoms with Crippen molar-refractivity contribution in [3.8, 4) is 0 Å². The maximum Gasteiger partial charge on any atom is 0.320 e. The van der Waals surface area contributed by atoms with Crippen LogP contribution in [-0.2, 0) is 16.1 Å². The summed E-state index contributed by atoms with van der Waals surface area (Å²) in [7, 11) is 0. The summed E-state index contributed by atoms with van der Waals surface area (Å²) in [5.74, 6) is -0.365. The molecule has 3 aromatic rings. The quantitative estimate of drug-likeness (QED) is 0.409. The van der Waals surface area contributed by atoms with Crippen LogP contribution in [0.5, 0.6) is 0 Å². The largest absolute Gasteiger partial charge is 0.457 e. The Bertz CT molecular complexity index is 884. The standard InChI is InChI=1S/C17H13BrF2N2O2S/c18-11-5-7-12(8-6-11)25-10-16(23)24-9-15-21-13-3-1-2-4-14(13)22(15)17(19)20/h1-8,17H,9-10H2. The minimum absolute atomic E-state index is 0.0261. The fourth-order valence-electron chi connectivity index (χ4n) is 2.27. The molecule has 3 rings (SSSR count). The Morgan fingerprint density at radius 1 is 1.20 bits per heavy atom. The van der Waals surface area contributed by atoms with Crippen LogP contribution in [0.4, 0.5) is 8.78 Å². The Hall–Kier alpha value is -1.93. The number of carbonyl (C=O) groups is 1. The molecule has 1 heterocycles. The third-order valence-corrected chi connectivity index (χ3v) is 4.91. The molecule has 0 fully saturated rings. The van der Waals surface area contributed by atoms with Crippen LogP contribution in [-0.4, -0.2) is 21.3 Å². The molecular weight excluding hydrogens is 414 g/mol. The number of halogens is 3. The first-order valence-corrected chi connectivity index (χ1v) is 9.10. The van der Waals surface area contributed by atoms with Crippen LogP contribution in [0.3, 0.4) is 0 Å². The van der Waals surface area contributed by atoms with Crippen molar-refractivity contribution < 1.29 is 18.3 Å². The van der Waals surface area contributed by atoms with Crippen molar-refractivity contribution in [1.29, 1.82) is 0 Å². The van der Waals surface area contributed by atoms with Crippen LogP contribution >= 0.6 is 27.7 Å². The first-order valence-electron chi connectivity index (χ1n) is 7.32. The van der Waals surface area contributed by atoms with E-state index in [1.54, 1.807) is 24.3 Å². The first-order chi connectivity index (χ1) is 12.0. The van der Waals surface area contributed by atoms with E-state index < -0.39 is 12.5 Å². The van der Waals surface area contributed by atoms with Gasteiger partial charge in [0.05, 0.1) is 16.8 Å². The lowest BCUT2D eigenvalue weighted by molar-refractivity contribution is -0.142. The van der Waals surface area contributed by atoms with E-state index >= 15 is 0 Å². The molecule has 0 radical (unpaired) electrons. The van der Waals surface area contributed by atoms with Gasteiger partial charge in [-0.25, -0.2) is 4.98 Å². The summed E-state index contributed by atoms with van der Waals surface area (Å²) in [4.78, 5) is 16.9. The molecular formula is C17H13BrF2N2O2S. The molecule has 0 saturated carbocycles. The van der Waals surface area contributed by atoms with E-state index in [0.717, 1.165) is 13.9 Å². The van der Waals surface area contributed by atoms with Crippen molar-refractivity contribution in [2.45, 2.75) is 18.1 Å². The van der Waals surface area contributed by atoms with E-state index in [1.165, 1.54) is 11.8 Å². The molecule has 8 heteroatoms. The molecule has 0 aliphatic carbocycles. The number of esters is 1. The lowest BCUT2D eigenvalue weighted by Gasteiger charge is -2.08. The molecule has 0 bridgehead atoms. The third-order valence-electron chi connectivity index (χ3n) is 3.40. The molecule has 0 amide bonds. The summed E-state index contributed by atoms with van der Waals surface area (Å²) in [6.45, 7) is -3.04. The van der Waals surface area contributed by atoms with Crippen LogP contribution in [0.25, 0.3) is 11.0 Å². The number of ether oxygens (including phenoxy) is 1. The number of nitrogens with zero attached hydrogens (tertiary/aromatic N) is 2. The van der Waals surface area contributed by atoms with E-state index in [1.807, 2.05) is 24.3 Å². The smallest absolute Gasteiger partial charge is 0.320 e. The molecule has 25 heavy (non-hydrogen) atoms. The summed E-state index contributed by atoms with van der Waals surface area (Å²) in [5.41, 5.74) is 0.755. The van der Waals surface area contributed by atoms with E-state index in [-0.39, 0.29) is 18.2 Å². The van der Waals surface area contributed by atoms with Crippen molar-refractivity contribution in [3.63, 3.8) is 0 Å². The predicted molar refractivity (Wildman–Crippen MR) is 95.6 cm³/mol. The Morgan fingerprint density at radius 2 is 1.92 bits per heavy atom. The highest BCUT2D eigenvalue weighted by Gasteiger charge is 2.18. The number of alkyl halides is 2. The normalized spacial score (nSPS) is 11.2. The number of imidazole rings is 1. The number of aromatic nitrogens is 2. The Morgan fingerprint density at radius 3 is 2.64 bits per heavy atom. The molecule has 1 aromatic heterocycles. The Kier molecular flexibility index (Phi) is 5.70. The van der Waals surface area contributed by atoms with Crippen molar-refractivity contribution in [1.82, 2.24) is 9.55 Å². The maximum absolute atomic E-state index is 13.3. The van der Waals surface area contributed by atoms with Gasteiger partial charge in [0.25, 0.3) is 0 Å². The van der Waals surface area contributed by atoms with Gasteiger partial charge in [-0.1, -0.05) is 28.1 Å². The first kappa shape index (κ1) is 17.9. The molecule has 0 spiro atoms. The van der Waals surface area contributed by atoms with Crippen molar-refractivity contribution in [3.05, 3.63) is 58.8 Å². The number of hydrogen-bond donors (Lipinski definition) is 0. The van der Waals surface area contributed by atoms with Gasteiger partial charge in [0.2, 0.25) is 0 Å².